The van der Waals surface area contributed by atoms with Crippen LogP contribution in [0.5, 0.6) is 0 Å². The molecular weight excluding hydrogens is 440 g/mol. The molecule has 9 heteroatoms. The second-order valence-corrected chi connectivity index (χ2v) is 9.55. The van der Waals surface area contributed by atoms with Crippen LogP contribution in [0.2, 0.25) is 0 Å². The monoisotopic (exact) mass is 464 g/mol. The number of piperidine rings is 1. The first-order valence-electron chi connectivity index (χ1n) is 10.8. The van der Waals surface area contributed by atoms with E-state index in [1.165, 1.54) is 0 Å². The predicted molar refractivity (Wildman–Crippen MR) is 123 cm³/mol. The molecule has 0 radical (unpaired) electrons. The van der Waals surface area contributed by atoms with E-state index in [9.17, 15) is 19.2 Å². The van der Waals surface area contributed by atoms with Crippen molar-refractivity contribution < 1.29 is 19.2 Å². The number of nitrogens with one attached hydrogen (secondary N) is 1. The number of carbonyl (C=O) groups excluding carboxylic acids is 4. The van der Waals surface area contributed by atoms with Crippen molar-refractivity contribution in [3.63, 3.8) is 0 Å². The predicted octanol–water partition coefficient (Wildman–Crippen LogP) is 3.18. The molecule has 1 saturated heterocycles. The fraction of sp³-hybridized carbons (Fsp3) is 0.333. The molecule has 170 valence electrons. The second kappa shape index (κ2) is 8.90. The van der Waals surface area contributed by atoms with Crippen molar-refractivity contribution in [2.24, 2.45) is 0 Å². The summed E-state index contributed by atoms with van der Waals surface area (Å²) in [5, 5.41) is 11.5. The summed E-state index contributed by atoms with van der Waals surface area (Å²) in [5.41, 5.74) is 0.873. The number of thioether (sulfide) groups is 1. The molecule has 1 aromatic heterocycles. The van der Waals surface area contributed by atoms with E-state index in [0.29, 0.717) is 30.7 Å². The van der Waals surface area contributed by atoms with Gasteiger partial charge in [-0.2, -0.15) is 0 Å². The Kier molecular flexibility index (Phi) is 6.16. The molecule has 33 heavy (non-hydrogen) atoms. The normalized spacial score (nSPS) is 20.1. The van der Waals surface area contributed by atoms with Gasteiger partial charge in [-0.1, -0.05) is 19.6 Å². The minimum absolute atomic E-state index is 0.147. The number of amides is 3. The maximum atomic E-state index is 13.2. The molecule has 0 aliphatic carbocycles. The molecule has 1 atom stereocenters. The largest absolute Gasteiger partial charge is 0.328 e. The van der Waals surface area contributed by atoms with Gasteiger partial charge >= 0.3 is 0 Å². The molecular formula is C24H24N4O4S. The highest BCUT2D eigenvalue weighted by molar-refractivity contribution is 7.99. The van der Waals surface area contributed by atoms with E-state index in [-0.39, 0.29) is 23.3 Å². The number of Topliss-reactive ketones (excluding diaryl/α,β-unsaturated/α-hetero) is 1. The van der Waals surface area contributed by atoms with Crippen LogP contribution in [0.25, 0.3) is 0 Å². The number of nitrogens with zero attached hydrogens (tertiary/aromatic N) is 3. The maximum Gasteiger partial charge on any atom is 0.262 e. The minimum atomic E-state index is -1.27. The van der Waals surface area contributed by atoms with E-state index >= 15 is 0 Å². The van der Waals surface area contributed by atoms with Crippen LogP contribution in [0.4, 0.5) is 0 Å². The second-order valence-electron chi connectivity index (χ2n) is 8.27. The Balaban J connectivity index is 1.48. The molecule has 0 unspecified atom stereocenters. The summed E-state index contributed by atoms with van der Waals surface area (Å²) in [6.45, 7) is 7.37. The summed E-state index contributed by atoms with van der Waals surface area (Å²) in [6.07, 6.45) is 1.39. The van der Waals surface area contributed by atoms with Crippen LogP contribution >= 0.6 is 11.8 Å². The first kappa shape index (κ1) is 22.8. The van der Waals surface area contributed by atoms with E-state index in [2.05, 4.69) is 22.1 Å². The van der Waals surface area contributed by atoms with Gasteiger partial charge in [0.2, 0.25) is 5.91 Å². The van der Waals surface area contributed by atoms with Crippen molar-refractivity contribution in [1.82, 2.24) is 20.4 Å². The van der Waals surface area contributed by atoms with Gasteiger partial charge < -0.3 is 5.32 Å². The fourth-order valence-corrected chi connectivity index (χ4v) is 4.61. The van der Waals surface area contributed by atoms with Crippen molar-refractivity contribution >= 4 is 35.3 Å². The molecule has 0 spiro atoms. The molecule has 3 amide bonds. The number of aryl methyl sites for hydroxylation is 1. The number of ketones is 1. The van der Waals surface area contributed by atoms with E-state index in [0.717, 1.165) is 21.2 Å². The smallest absolute Gasteiger partial charge is 0.262 e. The highest BCUT2D eigenvalue weighted by Crippen LogP contribution is 2.35. The van der Waals surface area contributed by atoms with Crippen LogP contribution in [0.1, 0.15) is 69.9 Å². The Bertz CT molecular complexity index is 1180. The van der Waals surface area contributed by atoms with E-state index in [1.807, 2.05) is 6.92 Å². The summed E-state index contributed by atoms with van der Waals surface area (Å²) in [7, 11) is 0. The SMILES string of the molecule is C=C1CC[C@](C)(N2C(=O)c3ccc(CCC(=O)c4ccc(SCC)nn4)cc3C2=O)C(=O)N1. The third-order valence-corrected chi connectivity index (χ3v) is 6.80. The van der Waals surface area contributed by atoms with Gasteiger partial charge in [-0.25, -0.2) is 0 Å². The minimum Gasteiger partial charge on any atom is -0.328 e. The van der Waals surface area contributed by atoms with Gasteiger partial charge in [0.1, 0.15) is 16.3 Å². The number of aromatic nitrogens is 2. The van der Waals surface area contributed by atoms with Gasteiger partial charge in [0.05, 0.1) is 11.1 Å². The van der Waals surface area contributed by atoms with Crippen LogP contribution in [-0.4, -0.2) is 49.9 Å². The molecule has 0 saturated carbocycles. The van der Waals surface area contributed by atoms with Crippen molar-refractivity contribution in [2.75, 3.05) is 5.75 Å². The highest BCUT2D eigenvalue weighted by atomic mass is 32.2. The lowest BCUT2D eigenvalue weighted by molar-refractivity contribution is -0.131. The molecule has 1 fully saturated rings. The Morgan fingerprint density at radius 2 is 1.91 bits per heavy atom. The van der Waals surface area contributed by atoms with Crippen LogP contribution in [0, 0.1) is 0 Å². The molecule has 2 aliphatic heterocycles. The van der Waals surface area contributed by atoms with Crippen LogP contribution in [0.3, 0.4) is 0 Å². The van der Waals surface area contributed by atoms with Crippen molar-refractivity contribution in [3.8, 4) is 0 Å². The number of rotatable bonds is 7. The van der Waals surface area contributed by atoms with Gasteiger partial charge in [0.25, 0.3) is 11.8 Å². The zero-order chi connectivity index (χ0) is 23.8. The summed E-state index contributed by atoms with van der Waals surface area (Å²) < 4.78 is 0. The average molecular weight is 465 g/mol. The molecule has 8 nitrogen and oxygen atoms in total. The summed E-state index contributed by atoms with van der Waals surface area (Å²) in [4.78, 5) is 52.3. The first-order chi connectivity index (χ1) is 15.7. The lowest BCUT2D eigenvalue weighted by Crippen LogP contribution is -2.60. The van der Waals surface area contributed by atoms with E-state index < -0.39 is 23.3 Å². The standard InChI is InChI=1S/C24H24N4O4S/c1-4-33-20-10-8-18(26-27-20)19(29)9-6-15-5-7-16-17(13-15)22(31)28(21(16)30)24(3)12-11-14(2)25-23(24)32/h5,7-8,10,13H,2,4,6,9,11-12H2,1,3H3,(H,25,32)/t24-/m0/s1. The third kappa shape index (κ3) is 4.20. The van der Waals surface area contributed by atoms with Gasteiger partial charge in [0.15, 0.2) is 5.78 Å². The van der Waals surface area contributed by atoms with Crippen LogP contribution in [0.15, 0.2) is 47.6 Å². The number of allylic oxidation sites excluding steroid dienone is 1. The third-order valence-electron chi connectivity index (χ3n) is 6.00. The van der Waals surface area contributed by atoms with E-state index in [1.54, 1.807) is 49.0 Å². The average Bonchev–Trinajstić information content (AvgIpc) is 3.05. The molecule has 0 bridgehead atoms. The summed E-state index contributed by atoms with van der Waals surface area (Å²) in [6, 6.07) is 8.41. The number of carbonyl (C=O) groups is 4. The quantitative estimate of drug-likeness (QED) is 0.381. The van der Waals surface area contributed by atoms with E-state index in [4.69, 9.17) is 0 Å². The van der Waals surface area contributed by atoms with Crippen molar-refractivity contribution in [2.45, 2.75) is 50.1 Å². The molecule has 4 rings (SSSR count). The number of imide groups is 1. The number of hydrogen-bond acceptors (Lipinski definition) is 7. The molecule has 1 N–H and O–H groups in total. The summed E-state index contributed by atoms with van der Waals surface area (Å²) >= 11 is 1.55. The van der Waals surface area contributed by atoms with Gasteiger partial charge in [-0.05, 0) is 61.8 Å². The Hall–Kier alpha value is -3.33. The molecule has 1 aromatic carbocycles. The zero-order valence-electron chi connectivity index (χ0n) is 18.5. The number of fused-ring (bicyclic) bond motifs is 1. The van der Waals surface area contributed by atoms with Crippen molar-refractivity contribution in [3.05, 3.63) is 65.0 Å². The number of benzene rings is 1. The Morgan fingerprint density at radius 1 is 1.15 bits per heavy atom. The molecule has 3 heterocycles. The zero-order valence-corrected chi connectivity index (χ0v) is 19.3. The first-order valence-corrected chi connectivity index (χ1v) is 11.7. The van der Waals surface area contributed by atoms with Crippen molar-refractivity contribution in [1.29, 1.82) is 0 Å². The lowest BCUT2D eigenvalue weighted by Gasteiger charge is -2.39. The fourth-order valence-electron chi connectivity index (χ4n) is 4.05. The maximum absolute atomic E-state index is 13.2. The van der Waals surface area contributed by atoms with Gasteiger partial charge in [-0.15, -0.1) is 22.0 Å². The van der Waals surface area contributed by atoms with Crippen LogP contribution < -0.4 is 5.32 Å². The molecule has 2 aliphatic rings. The Morgan fingerprint density at radius 3 is 2.58 bits per heavy atom. The molecule has 2 aromatic rings. The summed E-state index contributed by atoms with van der Waals surface area (Å²) in [5.74, 6) is -0.667. The number of hydrogen-bond donors (Lipinski definition) is 1. The topological polar surface area (TPSA) is 109 Å². The highest BCUT2D eigenvalue weighted by Gasteiger charge is 2.51. The van der Waals surface area contributed by atoms with Gasteiger partial charge in [0, 0.05) is 12.1 Å². The van der Waals surface area contributed by atoms with Gasteiger partial charge in [-0.3, -0.25) is 24.1 Å². The Labute approximate surface area is 195 Å². The lowest BCUT2D eigenvalue weighted by atomic mass is 9.88. The van der Waals surface area contributed by atoms with Crippen LogP contribution in [-0.2, 0) is 11.2 Å².